The standard InChI is InChI=1S/C9H22O4Si/c1-10-6-5-9(11-2)7-13-8-14(4)12-3/h9,14H,5-8H2,1-4H3. The maximum Gasteiger partial charge on any atom is 0.198 e. The Hall–Kier alpha value is 0.0569. The van der Waals surface area contributed by atoms with Crippen LogP contribution in [0, 0.1) is 0 Å². The fourth-order valence-electron chi connectivity index (χ4n) is 0.952. The average molecular weight is 222 g/mol. The molecule has 0 heterocycles. The van der Waals surface area contributed by atoms with E-state index in [1.165, 1.54) is 0 Å². The summed E-state index contributed by atoms with van der Waals surface area (Å²) in [5.74, 6) is 0. The molecule has 5 heteroatoms. The summed E-state index contributed by atoms with van der Waals surface area (Å²) in [5, 5.41) is 0. The first kappa shape index (κ1) is 14.1. The fourth-order valence-corrected chi connectivity index (χ4v) is 1.56. The topological polar surface area (TPSA) is 36.9 Å². The van der Waals surface area contributed by atoms with Crippen LogP contribution in [-0.4, -0.2) is 55.9 Å². The van der Waals surface area contributed by atoms with Gasteiger partial charge >= 0.3 is 0 Å². The third-order valence-corrected chi connectivity index (χ3v) is 3.55. The zero-order valence-electron chi connectivity index (χ0n) is 9.62. The van der Waals surface area contributed by atoms with Crippen molar-refractivity contribution < 1.29 is 18.6 Å². The minimum Gasteiger partial charge on any atom is -0.421 e. The lowest BCUT2D eigenvalue weighted by atomic mass is 10.3. The summed E-state index contributed by atoms with van der Waals surface area (Å²) < 4.78 is 20.9. The van der Waals surface area contributed by atoms with Crippen LogP contribution in [0.15, 0.2) is 0 Å². The molecule has 0 radical (unpaired) electrons. The lowest BCUT2D eigenvalue weighted by Gasteiger charge is -2.16. The van der Waals surface area contributed by atoms with E-state index in [0.29, 0.717) is 13.2 Å². The van der Waals surface area contributed by atoms with Crippen LogP contribution in [0.1, 0.15) is 6.42 Å². The highest BCUT2D eigenvalue weighted by Crippen LogP contribution is 1.99. The molecule has 0 aromatic heterocycles. The van der Waals surface area contributed by atoms with Gasteiger partial charge in [-0.05, 0) is 13.0 Å². The minimum absolute atomic E-state index is 0.132. The Bertz CT molecular complexity index is 123. The summed E-state index contributed by atoms with van der Waals surface area (Å²) in [4.78, 5) is 0. The Morgan fingerprint density at radius 1 is 1.21 bits per heavy atom. The highest BCUT2D eigenvalue weighted by atomic mass is 28.3. The molecule has 0 bridgehead atoms. The lowest BCUT2D eigenvalue weighted by Crippen LogP contribution is -2.25. The molecule has 2 unspecified atom stereocenters. The minimum atomic E-state index is -1.09. The molecule has 0 aliphatic heterocycles. The lowest BCUT2D eigenvalue weighted by molar-refractivity contribution is 0.00218. The Morgan fingerprint density at radius 3 is 2.43 bits per heavy atom. The molecule has 0 spiro atoms. The van der Waals surface area contributed by atoms with Crippen LogP contribution in [-0.2, 0) is 18.6 Å². The van der Waals surface area contributed by atoms with Crippen molar-refractivity contribution in [3.63, 3.8) is 0 Å². The third kappa shape index (κ3) is 7.46. The molecule has 0 rings (SSSR count). The van der Waals surface area contributed by atoms with Crippen molar-refractivity contribution in [1.82, 2.24) is 0 Å². The van der Waals surface area contributed by atoms with Gasteiger partial charge in [-0.3, -0.25) is 0 Å². The SMILES string of the molecule is COCCC(COC[SiH](C)OC)OC. The first-order chi connectivity index (χ1) is 6.74. The third-order valence-electron chi connectivity index (χ3n) is 2.04. The second-order valence-corrected chi connectivity index (χ2v) is 5.65. The van der Waals surface area contributed by atoms with Gasteiger partial charge in [0.25, 0.3) is 0 Å². The number of methoxy groups -OCH3 is 2. The monoisotopic (exact) mass is 222 g/mol. The van der Waals surface area contributed by atoms with Crippen molar-refractivity contribution in [1.29, 1.82) is 0 Å². The van der Waals surface area contributed by atoms with Crippen molar-refractivity contribution >= 4 is 9.04 Å². The van der Waals surface area contributed by atoms with Crippen molar-refractivity contribution in [2.75, 3.05) is 40.8 Å². The molecule has 0 aromatic carbocycles. The molecule has 14 heavy (non-hydrogen) atoms. The summed E-state index contributed by atoms with van der Waals surface area (Å²) in [5.41, 5.74) is 0. The van der Waals surface area contributed by atoms with E-state index >= 15 is 0 Å². The van der Waals surface area contributed by atoms with Gasteiger partial charge in [-0.1, -0.05) is 0 Å². The van der Waals surface area contributed by atoms with Gasteiger partial charge in [0.05, 0.1) is 18.9 Å². The maximum atomic E-state index is 5.49. The molecule has 2 atom stereocenters. The van der Waals surface area contributed by atoms with Crippen LogP contribution < -0.4 is 0 Å². The van der Waals surface area contributed by atoms with Gasteiger partial charge in [0.2, 0.25) is 0 Å². The van der Waals surface area contributed by atoms with Crippen LogP contribution in [0.4, 0.5) is 0 Å². The number of hydrogen-bond donors (Lipinski definition) is 0. The molecule has 86 valence electrons. The summed E-state index contributed by atoms with van der Waals surface area (Å²) in [7, 11) is 4.03. The first-order valence-corrected chi connectivity index (χ1v) is 7.31. The van der Waals surface area contributed by atoms with E-state index in [2.05, 4.69) is 6.55 Å². The second kappa shape index (κ2) is 9.61. The summed E-state index contributed by atoms with van der Waals surface area (Å²) in [6, 6.07) is 0. The Labute approximate surface area is 88.2 Å². The average Bonchev–Trinajstić information content (AvgIpc) is 2.22. The van der Waals surface area contributed by atoms with E-state index < -0.39 is 9.04 Å². The highest BCUT2D eigenvalue weighted by Gasteiger charge is 2.09. The van der Waals surface area contributed by atoms with Crippen molar-refractivity contribution in [2.24, 2.45) is 0 Å². The van der Waals surface area contributed by atoms with E-state index in [9.17, 15) is 0 Å². The summed E-state index contributed by atoms with van der Waals surface area (Å²) in [6.45, 7) is 3.44. The zero-order valence-corrected chi connectivity index (χ0v) is 10.8. The smallest absolute Gasteiger partial charge is 0.198 e. The largest absolute Gasteiger partial charge is 0.421 e. The Morgan fingerprint density at radius 2 is 1.93 bits per heavy atom. The molecular weight excluding hydrogens is 200 g/mol. The zero-order chi connectivity index (χ0) is 10.8. The number of hydrogen-bond acceptors (Lipinski definition) is 4. The van der Waals surface area contributed by atoms with Crippen LogP contribution in [0.3, 0.4) is 0 Å². The molecular formula is C9H22O4Si. The molecule has 0 aliphatic carbocycles. The quantitative estimate of drug-likeness (QED) is 0.535. The highest BCUT2D eigenvalue weighted by molar-refractivity contribution is 6.49. The van der Waals surface area contributed by atoms with Gasteiger partial charge in [0.1, 0.15) is 0 Å². The van der Waals surface area contributed by atoms with Crippen molar-refractivity contribution in [2.45, 2.75) is 19.1 Å². The Kier molecular flexibility index (Phi) is 9.64. The van der Waals surface area contributed by atoms with Crippen LogP contribution >= 0.6 is 0 Å². The number of ether oxygens (including phenoxy) is 3. The second-order valence-electron chi connectivity index (χ2n) is 3.22. The summed E-state index contributed by atoms with van der Waals surface area (Å²) >= 11 is 0. The van der Waals surface area contributed by atoms with E-state index in [0.717, 1.165) is 12.7 Å². The molecule has 0 aromatic rings. The number of rotatable bonds is 9. The molecule has 4 nitrogen and oxygen atoms in total. The maximum absolute atomic E-state index is 5.49. The molecule has 0 amide bonds. The fraction of sp³-hybridized carbons (Fsp3) is 1.00. The summed E-state index contributed by atoms with van der Waals surface area (Å²) in [6.07, 6.45) is 1.74. The molecule has 0 saturated carbocycles. The molecule has 0 fully saturated rings. The van der Waals surface area contributed by atoms with Crippen LogP contribution in [0.5, 0.6) is 0 Å². The molecule has 0 N–H and O–H groups in total. The van der Waals surface area contributed by atoms with E-state index in [4.69, 9.17) is 18.6 Å². The van der Waals surface area contributed by atoms with Gasteiger partial charge in [-0.25, -0.2) is 0 Å². The molecule has 0 aliphatic rings. The molecule has 0 saturated heterocycles. The van der Waals surface area contributed by atoms with E-state index in [-0.39, 0.29) is 6.10 Å². The predicted octanol–water partition coefficient (Wildman–Crippen LogP) is 0.594. The van der Waals surface area contributed by atoms with Crippen LogP contribution in [0.2, 0.25) is 6.55 Å². The van der Waals surface area contributed by atoms with Gasteiger partial charge in [-0.2, -0.15) is 0 Å². The van der Waals surface area contributed by atoms with Gasteiger partial charge < -0.3 is 18.6 Å². The van der Waals surface area contributed by atoms with E-state index in [1.54, 1.807) is 21.3 Å². The van der Waals surface area contributed by atoms with Crippen molar-refractivity contribution in [3.8, 4) is 0 Å². The van der Waals surface area contributed by atoms with Crippen molar-refractivity contribution in [3.05, 3.63) is 0 Å². The van der Waals surface area contributed by atoms with Gasteiger partial charge in [-0.15, -0.1) is 0 Å². The first-order valence-electron chi connectivity index (χ1n) is 4.86. The van der Waals surface area contributed by atoms with Gasteiger partial charge in [0.15, 0.2) is 9.04 Å². The van der Waals surface area contributed by atoms with Gasteiger partial charge in [0, 0.05) is 27.9 Å². The normalized spacial score (nSPS) is 15.4. The Balaban J connectivity index is 3.42. The van der Waals surface area contributed by atoms with Crippen LogP contribution in [0.25, 0.3) is 0 Å². The predicted molar refractivity (Wildman–Crippen MR) is 58.1 cm³/mol. The van der Waals surface area contributed by atoms with E-state index in [1.807, 2.05) is 0 Å².